The van der Waals surface area contributed by atoms with Crippen molar-refractivity contribution in [3.63, 3.8) is 0 Å². The minimum atomic E-state index is 0.211. The third-order valence-electron chi connectivity index (χ3n) is 4.17. The van der Waals surface area contributed by atoms with Crippen LogP contribution in [-0.2, 0) is 0 Å². The smallest absolute Gasteiger partial charge is 0.0956 e. The molecule has 0 unspecified atom stereocenters. The molecule has 0 spiro atoms. The van der Waals surface area contributed by atoms with Crippen LogP contribution in [0.4, 0.5) is 0 Å². The Labute approximate surface area is 145 Å². The van der Waals surface area contributed by atoms with Crippen LogP contribution in [0, 0.1) is 0 Å². The molecule has 0 saturated heterocycles. The summed E-state index contributed by atoms with van der Waals surface area (Å²) >= 11 is 0. The van der Waals surface area contributed by atoms with Crippen molar-refractivity contribution in [3.05, 3.63) is 0 Å². The molecule has 4 heteroatoms. The van der Waals surface area contributed by atoms with E-state index in [1.165, 1.54) is 51.4 Å². The third-order valence-corrected chi connectivity index (χ3v) is 4.17. The predicted molar refractivity (Wildman–Crippen MR) is 102 cm³/mol. The first-order valence-corrected chi connectivity index (χ1v) is 9.86. The van der Waals surface area contributed by atoms with E-state index in [4.69, 9.17) is 10.2 Å². The maximum atomic E-state index is 8.81. The largest absolute Gasteiger partial charge is 0.395 e. The van der Waals surface area contributed by atoms with Gasteiger partial charge in [0, 0.05) is 13.1 Å². The van der Waals surface area contributed by atoms with Crippen molar-refractivity contribution in [1.29, 1.82) is 0 Å². The number of hydrogen-bond acceptors (Lipinski definition) is 4. The van der Waals surface area contributed by atoms with Gasteiger partial charge in [-0.05, 0) is 32.5 Å². The molecule has 23 heavy (non-hydrogen) atoms. The average molecular weight is 333 g/mol. The van der Waals surface area contributed by atoms with Crippen molar-refractivity contribution in [2.45, 2.75) is 79.1 Å². The molecule has 0 aliphatic rings. The second kappa shape index (κ2) is 21.8. The Bertz CT molecular complexity index is 200. The van der Waals surface area contributed by atoms with Crippen LogP contribution in [0.5, 0.6) is 0 Å². The molecule has 0 aromatic heterocycles. The van der Waals surface area contributed by atoms with Crippen LogP contribution < -0.4 is 0 Å². The molecule has 2 N–H and O–H groups in total. The first-order chi connectivity index (χ1) is 11.2. The Morgan fingerprint density at radius 2 is 1.04 bits per heavy atom. The minimum absolute atomic E-state index is 0.211. The number of aliphatic hydroxyl groups excluding tert-OH is 2. The Morgan fingerprint density at radius 3 is 1.39 bits per heavy atom. The van der Waals surface area contributed by atoms with Crippen LogP contribution in [0.2, 0.25) is 0 Å². The average Bonchev–Trinajstić information content (AvgIpc) is 2.58. The first-order valence-electron chi connectivity index (χ1n) is 9.86. The predicted octanol–water partition coefficient (Wildman–Crippen LogP) is 3.72. The molecule has 0 aromatic rings. The summed E-state index contributed by atoms with van der Waals surface area (Å²) in [7, 11) is 0. The molecule has 0 atom stereocenters. The van der Waals surface area contributed by atoms with Gasteiger partial charge in [-0.1, -0.05) is 66.2 Å². The number of nitrogens with zero attached hydrogens (tertiary/aromatic N) is 2. The molecule has 0 aliphatic heterocycles. The second-order valence-corrected chi connectivity index (χ2v) is 6.13. The van der Waals surface area contributed by atoms with E-state index in [1.54, 1.807) is 0 Å². The zero-order valence-corrected chi connectivity index (χ0v) is 16.4. The van der Waals surface area contributed by atoms with Gasteiger partial charge in [-0.2, -0.15) is 0 Å². The maximum Gasteiger partial charge on any atom is 0.0956 e. The molecule has 0 bridgehead atoms. The summed E-state index contributed by atoms with van der Waals surface area (Å²) in [6, 6.07) is 0. The topological polar surface area (TPSA) is 46.9 Å². The fourth-order valence-corrected chi connectivity index (χ4v) is 2.42. The molecule has 0 fully saturated rings. The number of hydrogen-bond donors (Lipinski definition) is 2. The summed E-state index contributed by atoms with van der Waals surface area (Å²) in [4.78, 5) is 4.35. The van der Waals surface area contributed by atoms with E-state index >= 15 is 0 Å². The standard InChI is InChI=1S/C10H23NO.C9H21NO/c1-3-5-6-7-8-11(4-2)9-10-12;1-3-5-6-7-8-10(4-2)9-11/h12H,3-10H2,1-2H3;11H,3-9H2,1-2H3. The van der Waals surface area contributed by atoms with Gasteiger partial charge in [0.15, 0.2) is 0 Å². The van der Waals surface area contributed by atoms with Crippen molar-refractivity contribution in [1.82, 2.24) is 9.80 Å². The molecule has 0 rings (SSSR count). The van der Waals surface area contributed by atoms with Crippen molar-refractivity contribution in [2.24, 2.45) is 0 Å². The molecule has 4 nitrogen and oxygen atoms in total. The monoisotopic (exact) mass is 332 g/mol. The van der Waals surface area contributed by atoms with Crippen LogP contribution in [0.1, 0.15) is 79.1 Å². The van der Waals surface area contributed by atoms with Gasteiger partial charge < -0.3 is 15.1 Å². The highest BCUT2D eigenvalue weighted by atomic mass is 16.3. The van der Waals surface area contributed by atoms with Crippen LogP contribution in [-0.4, -0.2) is 66.1 Å². The van der Waals surface area contributed by atoms with Crippen molar-refractivity contribution >= 4 is 0 Å². The molecule has 142 valence electrons. The molecule has 0 radical (unpaired) electrons. The Morgan fingerprint density at radius 1 is 0.565 bits per heavy atom. The van der Waals surface area contributed by atoms with E-state index in [2.05, 4.69) is 37.5 Å². The van der Waals surface area contributed by atoms with Crippen LogP contribution >= 0.6 is 0 Å². The van der Waals surface area contributed by atoms with Gasteiger partial charge in [0.1, 0.15) is 0 Å². The van der Waals surface area contributed by atoms with Gasteiger partial charge in [0.25, 0.3) is 0 Å². The lowest BCUT2D eigenvalue weighted by atomic mass is 10.2. The summed E-state index contributed by atoms with van der Waals surface area (Å²) in [5, 5.41) is 17.5. The van der Waals surface area contributed by atoms with Crippen LogP contribution in [0.15, 0.2) is 0 Å². The van der Waals surface area contributed by atoms with E-state index in [9.17, 15) is 0 Å². The van der Waals surface area contributed by atoms with E-state index in [1.807, 2.05) is 0 Å². The van der Waals surface area contributed by atoms with E-state index in [-0.39, 0.29) is 6.73 Å². The van der Waals surface area contributed by atoms with Gasteiger partial charge in [0.2, 0.25) is 0 Å². The number of rotatable bonds is 15. The van der Waals surface area contributed by atoms with Crippen molar-refractivity contribution in [2.75, 3.05) is 46.1 Å². The normalized spacial score (nSPS) is 11.0. The molecule has 0 amide bonds. The second-order valence-electron chi connectivity index (χ2n) is 6.13. The molecule has 0 heterocycles. The summed E-state index contributed by atoms with van der Waals surface area (Å²) in [6.07, 6.45) is 10.4. The molecular weight excluding hydrogens is 288 g/mol. The molecular formula is C19H44N2O2. The van der Waals surface area contributed by atoms with Gasteiger partial charge in [-0.3, -0.25) is 4.90 Å². The zero-order chi connectivity index (χ0) is 17.8. The Kier molecular flexibility index (Phi) is 23.8. The summed E-state index contributed by atoms with van der Waals surface area (Å²) in [6.45, 7) is 14.2. The van der Waals surface area contributed by atoms with E-state index < -0.39 is 0 Å². The highest BCUT2D eigenvalue weighted by molar-refractivity contribution is 4.54. The van der Waals surface area contributed by atoms with E-state index in [0.29, 0.717) is 6.61 Å². The fourth-order valence-electron chi connectivity index (χ4n) is 2.42. The quantitative estimate of drug-likeness (QED) is 0.354. The maximum absolute atomic E-state index is 8.81. The molecule has 0 aromatic carbocycles. The Hall–Kier alpha value is -0.160. The number of unbranched alkanes of at least 4 members (excludes halogenated alkanes) is 6. The van der Waals surface area contributed by atoms with Gasteiger partial charge in [0.05, 0.1) is 13.3 Å². The lowest BCUT2D eigenvalue weighted by Crippen LogP contribution is -2.27. The third kappa shape index (κ3) is 19.8. The van der Waals surface area contributed by atoms with Gasteiger partial charge in [-0.15, -0.1) is 0 Å². The van der Waals surface area contributed by atoms with Gasteiger partial charge in [-0.25, -0.2) is 0 Å². The molecule has 0 saturated carbocycles. The summed E-state index contributed by atoms with van der Waals surface area (Å²) in [5.41, 5.74) is 0. The van der Waals surface area contributed by atoms with Crippen LogP contribution in [0.3, 0.4) is 0 Å². The number of likely N-dealkylation sites (N-methyl/N-ethyl adjacent to an activating group) is 1. The molecule has 0 aliphatic carbocycles. The summed E-state index contributed by atoms with van der Waals surface area (Å²) < 4.78 is 0. The first kappa shape index (κ1) is 25.1. The highest BCUT2D eigenvalue weighted by Crippen LogP contribution is 2.01. The van der Waals surface area contributed by atoms with Crippen molar-refractivity contribution in [3.8, 4) is 0 Å². The highest BCUT2D eigenvalue weighted by Gasteiger charge is 1.99. The van der Waals surface area contributed by atoms with Crippen molar-refractivity contribution < 1.29 is 10.2 Å². The fraction of sp³-hybridized carbons (Fsp3) is 1.00. The Balaban J connectivity index is 0. The van der Waals surface area contributed by atoms with Crippen LogP contribution in [0.25, 0.3) is 0 Å². The lowest BCUT2D eigenvalue weighted by molar-refractivity contribution is 0.111. The SMILES string of the molecule is CCCCCCN(CC)CCO.CCCCCCN(CC)CO. The van der Waals surface area contributed by atoms with E-state index in [0.717, 1.165) is 32.7 Å². The number of aliphatic hydroxyl groups is 2. The lowest BCUT2D eigenvalue weighted by Gasteiger charge is -2.18. The minimum Gasteiger partial charge on any atom is -0.395 e. The summed E-state index contributed by atoms with van der Waals surface area (Å²) in [5.74, 6) is 0. The zero-order valence-electron chi connectivity index (χ0n) is 16.4. The van der Waals surface area contributed by atoms with Gasteiger partial charge >= 0.3 is 0 Å².